The van der Waals surface area contributed by atoms with Crippen molar-refractivity contribution in [2.24, 2.45) is 7.05 Å². The first kappa shape index (κ1) is 25.5. The molecular weight excluding hydrogens is 538 g/mol. The van der Waals surface area contributed by atoms with Crippen LogP contribution in [0.5, 0.6) is 0 Å². The minimum absolute atomic E-state index is 0.0254. The van der Waals surface area contributed by atoms with E-state index >= 15 is 0 Å². The molecule has 0 unspecified atom stereocenters. The van der Waals surface area contributed by atoms with E-state index in [9.17, 15) is 18.0 Å². The molecule has 0 saturated carbocycles. The Bertz CT molecular complexity index is 1680. The summed E-state index contributed by atoms with van der Waals surface area (Å²) in [7, 11) is -1.96. The number of fused-ring (bicyclic) bond motifs is 1. The van der Waals surface area contributed by atoms with E-state index in [0.29, 0.717) is 47.8 Å². The molecule has 14 heteroatoms. The van der Waals surface area contributed by atoms with Gasteiger partial charge < -0.3 is 0 Å². The van der Waals surface area contributed by atoms with Gasteiger partial charge in [0.1, 0.15) is 16.9 Å². The molecule has 1 aromatic carbocycles. The standard InChI is InChI=1S/C23H24ClN7O4S2/c1-13-4-5-16(10-18(13)24)37(34,35)30-8-6-15(7-9-30)22-26-19(12-36-22)21(32)28-31-14(2)25-20-17(23(31)33)11-29(3)27-20/h4-5,10-12,15H,6-9H2,1-3H3,(H,28,32). The molecule has 1 aliphatic heterocycles. The van der Waals surface area contributed by atoms with Gasteiger partial charge in [-0.3, -0.25) is 19.7 Å². The average Bonchev–Trinajstić information content (AvgIpc) is 3.50. The molecule has 1 amide bonds. The van der Waals surface area contributed by atoms with Crippen molar-refractivity contribution in [2.75, 3.05) is 18.5 Å². The number of carbonyl (C=O) groups is 1. The number of carbonyl (C=O) groups excluding carboxylic acids is 1. The lowest BCUT2D eigenvalue weighted by Gasteiger charge is -2.30. The summed E-state index contributed by atoms with van der Waals surface area (Å²) in [5.74, 6) is -0.213. The second-order valence-electron chi connectivity index (χ2n) is 8.94. The number of hydrogen-bond donors (Lipinski definition) is 1. The Kier molecular flexibility index (Phi) is 6.64. The smallest absolute Gasteiger partial charge is 0.273 e. The molecule has 0 radical (unpaired) electrons. The number of piperidine rings is 1. The molecule has 1 aliphatic rings. The maximum atomic E-state index is 13.1. The van der Waals surface area contributed by atoms with Crippen LogP contribution in [0.25, 0.3) is 11.0 Å². The van der Waals surface area contributed by atoms with Gasteiger partial charge in [-0.25, -0.2) is 23.1 Å². The predicted molar refractivity (Wildman–Crippen MR) is 140 cm³/mol. The summed E-state index contributed by atoms with van der Waals surface area (Å²) in [6.07, 6.45) is 2.70. The van der Waals surface area contributed by atoms with Crippen LogP contribution in [-0.4, -0.2) is 56.1 Å². The molecule has 4 aromatic rings. The third kappa shape index (κ3) is 4.79. The number of benzene rings is 1. The minimum Gasteiger partial charge on any atom is -0.273 e. The summed E-state index contributed by atoms with van der Waals surface area (Å²) < 4.78 is 30.2. The molecular formula is C23H24ClN7O4S2. The van der Waals surface area contributed by atoms with Crippen LogP contribution in [0.15, 0.2) is 39.5 Å². The number of hydrogen-bond acceptors (Lipinski definition) is 8. The zero-order valence-corrected chi connectivity index (χ0v) is 22.7. The highest BCUT2D eigenvalue weighted by Crippen LogP contribution is 2.33. The summed E-state index contributed by atoms with van der Waals surface area (Å²) in [6.45, 7) is 4.10. The first-order valence-corrected chi connectivity index (χ1v) is 14.2. The Morgan fingerprint density at radius 3 is 2.62 bits per heavy atom. The molecule has 0 spiro atoms. The number of thiazole rings is 1. The van der Waals surface area contributed by atoms with E-state index in [4.69, 9.17) is 11.6 Å². The highest BCUT2D eigenvalue weighted by molar-refractivity contribution is 7.89. The molecule has 0 atom stereocenters. The van der Waals surface area contributed by atoms with Gasteiger partial charge in [-0.15, -0.1) is 11.3 Å². The fourth-order valence-electron chi connectivity index (χ4n) is 4.28. The van der Waals surface area contributed by atoms with Crippen LogP contribution in [0.2, 0.25) is 5.02 Å². The van der Waals surface area contributed by atoms with Crippen LogP contribution < -0.4 is 11.0 Å². The normalized spacial score (nSPS) is 15.4. The SMILES string of the molecule is Cc1ccc(S(=O)(=O)N2CCC(c3nc(C(=O)Nn4c(C)nc5nn(C)cc5c4=O)cs3)CC2)cc1Cl. The van der Waals surface area contributed by atoms with Crippen molar-refractivity contribution in [3.8, 4) is 0 Å². The first-order valence-electron chi connectivity index (χ1n) is 11.5. The lowest BCUT2D eigenvalue weighted by molar-refractivity contribution is 0.100. The fraction of sp³-hybridized carbons (Fsp3) is 0.348. The van der Waals surface area contributed by atoms with Crippen LogP contribution in [-0.2, 0) is 17.1 Å². The Labute approximate surface area is 221 Å². The van der Waals surface area contributed by atoms with Gasteiger partial charge in [-0.05, 0) is 44.4 Å². The van der Waals surface area contributed by atoms with Crippen LogP contribution in [0.4, 0.5) is 0 Å². The van der Waals surface area contributed by atoms with E-state index < -0.39 is 21.5 Å². The number of aromatic nitrogens is 5. The zero-order chi connectivity index (χ0) is 26.5. The highest BCUT2D eigenvalue weighted by atomic mass is 35.5. The minimum atomic E-state index is -3.65. The van der Waals surface area contributed by atoms with Crippen molar-refractivity contribution in [1.29, 1.82) is 0 Å². The Morgan fingerprint density at radius 1 is 1.19 bits per heavy atom. The number of nitrogens with one attached hydrogen (secondary N) is 1. The second kappa shape index (κ2) is 9.63. The lowest BCUT2D eigenvalue weighted by Crippen LogP contribution is -2.38. The summed E-state index contributed by atoms with van der Waals surface area (Å²) in [5.41, 5.74) is 3.46. The molecule has 11 nitrogen and oxygen atoms in total. The Morgan fingerprint density at radius 2 is 1.92 bits per heavy atom. The van der Waals surface area contributed by atoms with E-state index in [1.807, 2.05) is 6.92 Å². The third-order valence-corrected chi connectivity index (χ3v) is 9.70. The van der Waals surface area contributed by atoms with E-state index in [2.05, 4.69) is 20.5 Å². The van der Waals surface area contributed by atoms with E-state index in [-0.39, 0.29) is 16.5 Å². The average molecular weight is 562 g/mol. The van der Waals surface area contributed by atoms with Gasteiger partial charge in [0, 0.05) is 42.7 Å². The van der Waals surface area contributed by atoms with Gasteiger partial charge in [0.05, 0.1) is 9.90 Å². The number of aryl methyl sites for hydroxylation is 3. The van der Waals surface area contributed by atoms with Gasteiger partial charge in [0.25, 0.3) is 11.5 Å². The van der Waals surface area contributed by atoms with Crippen LogP contribution in [0.1, 0.15) is 45.6 Å². The summed E-state index contributed by atoms with van der Waals surface area (Å²) in [5, 5.41) is 7.24. The van der Waals surface area contributed by atoms with Gasteiger partial charge in [-0.2, -0.15) is 9.40 Å². The van der Waals surface area contributed by atoms with Gasteiger partial charge in [0.2, 0.25) is 10.0 Å². The van der Waals surface area contributed by atoms with Crippen LogP contribution in [0.3, 0.4) is 0 Å². The van der Waals surface area contributed by atoms with Crippen LogP contribution >= 0.6 is 22.9 Å². The van der Waals surface area contributed by atoms with Crippen molar-refractivity contribution >= 4 is 49.9 Å². The third-order valence-electron chi connectivity index (χ3n) is 6.39. The van der Waals surface area contributed by atoms with E-state index in [1.54, 1.807) is 37.7 Å². The molecule has 1 N–H and O–H groups in total. The highest BCUT2D eigenvalue weighted by Gasteiger charge is 2.31. The molecule has 0 aliphatic carbocycles. The van der Waals surface area contributed by atoms with Gasteiger partial charge >= 0.3 is 0 Å². The van der Waals surface area contributed by atoms with Crippen molar-refractivity contribution in [1.82, 2.24) is 28.7 Å². The van der Waals surface area contributed by atoms with Gasteiger partial charge in [0.15, 0.2) is 5.65 Å². The van der Waals surface area contributed by atoms with Crippen LogP contribution in [0, 0.1) is 13.8 Å². The quantitative estimate of drug-likeness (QED) is 0.396. The molecule has 37 heavy (non-hydrogen) atoms. The molecule has 0 bridgehead atoms. The molecule has 5 rings (SSSR count). The van der Waals surface area contributed by atoms with Crippen molar-refractivity contribution in [3.63, 3.8) is 0 Å². The fourth-order valence-corrected chi connectivity index (χ4v) is 6.99. The number of halogens is 1. The topological polar surface area (TPSA) is 132 Å². The monoisotopic (exact) mass is 561 g/mol. The summed E-state index contributed by atoms with van der Waals surface area (Å²) >= 11 is 7.48. The lowest BCUT2D eigenvalue weighted by atomic mass is 9.99. The summed E-state index contributed by atoms with van der Waals surface area (Å²) in [4.78, 5) is 34.6. The van der Waals surface area contributed by atoms with E-state index in [0.717, 1.165) is 15.2 Å². The van der Waals surface area contributed by atoms with Crippen molar-refractivity contribution < 1.29 is 13.2 Å². The largest absolute Gasteiger partial charge is 0.289 e. The van der Waals surface area contributed by atoms with E-state index in [1.165, 1.54) is 26.4 Å². The summed E-state index contributed by atoms with van der Waals surface area (Å²) in [6, 6.07) is 4.76. The Balaban J connectivity index is 1.27. The Hall–Kier alpha value is -3.13. The predicted octanol–water partition coefficient (Wildman–Crippen LogP) is 2.81. The maximum absolute atomic E-state index is 13.1. The van der Waals surface area contributed by atoms with Crippen molar-refractivity contribution in [3.05, 3.63) is 67.2 Å². The second-order valence-corrected chi connectivity index (χ2v) is 12.2. The molecule has 194 valence electrons. The number of nitrogens with zero attached hydrogens (tertiary/aromatic N) is 6. The first-order chi connectivity index (χ1) is 17.5. The zero-order valence-electron chi connectivity index (χ0n) is 20.3. The molecule has 1 saturated heterocycles. The molecule has 3 aromatic heterocycles. The molecule has 1 fully saturated rings. The van der Waals surface area contributed by atoms with Crippen molar-refractivity contribution in [2.45, 2.75) is 37.5 Å². The maximum Gasteiger partial charge on any atom is 0.289 e. The van der Waals surface area contributed by atoms with Gasteiger partial charge in [-0.1, -0.05) is 17.7 Å². The number of amides is 1. The number of rotatable bonds is 5. The molecule has 4 heterocycles. The number of sulfonamides is 1.